The molecule has 0 aromatic carbocycles. The van der Waals surface area contributed by atoms with Gasteiger partial charge < -0.3 is 9.88 Å². The number of piperidine rings is 1. The number of nitrogens with one attached hydrogen (secondary N) is 1. The molecule has 0 amide bonds. The highest BCUT2D eigenvalue weighted by atomic mass is 79.9. The van der Waals surface area contributed by atoms with Crippen LogP contribution in [0.1, 0.15) is 18.9 Å². The van der Waals surface area contributed by atoms with E-state index < -0.39 is 0 Å². The summed E-state index contributed by atoms with van der Waals surface area (Å²) < 4.78 is 3.92. The fraction of sp³-hybridized carbons (Fsp3) is 0.500. The van der Waals surface area contributed by atoms with E-state index in [1.165, 1.54) is 19.4 Å². The zero-order valence-corrected chi connectivity index (χ0v) is 12.6. The molecule has 0 bridgehead atoms. The summed E-state index contributed by atoms with van der Waals surface area (Å²) in [6.07, 6.45) is 4.21. The number of likely N-dealkylation sites (N-methyl/N-ethyl adjacent to an activating group) is 1. The lowest BCUT2D eigenvalue weighted by Gasteiger charge is -2.30. The highest BCUT2D eigenvalue weighted by Gasteiger charge is 2.21. The van der Waals surface area contributed by atoms with Gasteiger partial charge in [0.1, 0.15) is 0 Å². The van der Waals surface area contributed by atoms with Crippen molar-refractivity contribution in [1.29, 1.82) is 0 Å². The van der Waals surface area contributed by atoms with E-state index in [-0.39, 0.29) is 0 Å². The average molecular weight is 327 g/mol. The molecule has 96 valence electrons. The van der Waals surface area contributed by atoms with Gasteiger partial charge in [-0.15, -0.1) is 0 Å². The molecule has 1 aliphatic rings. The van der Waals surface area contributed by atoms with Crippen molar-refractivity contribution in [2.75, 3.05) is 20.1 Å². The third kappa shape index (κ3) is 2.13. The molecule has 1 unspecified atom stereocenters. The molecule has 2 aromatic rings. The van der Waals surface area contributed by atoms with Gasteiger partial charge in [-0.3, -0.25) is 4.57 Å². The molecule has 1 saturated heterocycles. The molecule has 18 heavy (non-hydrogen) atoms. The van der Waals surface area contributed by atoms with Gasteiger partial charge in [-0.2, -0.15) is 0 Å². The number of fused-ring (bicyclic) bond motifs is 1. The van der Waals surface area contributed by atoms with Crippen LogP contribution in [0.4, 0.5) is 0 Å². The fourth-order valence-corrected chi connectivity index (χ4v) is 3.35. The van der Waals surface area contributed by atoms with Crippen LogP contribution in [-0.4, -0.2) is 39.6 Å². The monoisotopic (exact) mass is 326 g/mol. The molecular formula is C12H15BrN4S. The molecule has 3 heterocycles. The Balaban J connectivity index is 2.10. The Morgan fingerprint density at radius 2 is 2.39 bits per heavy atom. The van der Waals surface area contributed by atoms with Gasteiger partial charge in [0.25, 0.3) is 0 Å². The van der Waals surface area contributed by atoms with Crippen LogP contribution in [-0.2, 0) is 0 Å². The van der Waals surface area contributed by atoms with E-state index in [2.05, 4.69) is 42.4 Å². The van der Waals surface area contributed by atoms with E-state index in [9.17, 15) is 0 Å². The van der Waals surface area contributed by atoms with Crippen LogP contribution in [0.5, 0.6) is 0 Å². The minimum absolute atomic E-state index is 0.429. The lowest BCUT2D eigenvalue weighted by atomic mass is 10.1. The summed E-state index contributed by atoms with van der Waals surface area (Å²) in [7, 11) is 2.16. The largest absolute Gasteiger partial charge is 0.329 e. The maximum absolute atomic E-state index is 5.45. The topological polar surface area (TPSA) is 36.9 Å². The highest BCUT2D eigenvalue weighted by molar-refractivity contribution is 9.10. The quantitative estimate of drug-likeness (QED) is 0.818. The summed E-state index contributed by atoms with van der Waals surface area (Å²) >= 11 is 8.89. The van der Waals surface area contributed by atoms with Crippen molar-refractivity contribution in [1.82, 2.24) is 19.4 Å². The van der Waals surface area contributed by atoms with Crippen molar-refractivity contribution in [2.24, 2.45) is 0 Å². The Hall–Kier alpha value is -0.720. The third-order valence-electron chi connectivity index (χ3n) is 3.49. The number of rotatable bonds is 1. The van der Waals surface area contributed by atoms with Crippen molar-refractivity contribution >= 4 is 39.3 Å². The Morgan fingerprint density at radius 3 is 3.17 bits per heavy atom. The molecule has 0 saturated carbocycles. The number of halogens is 1. The molecule has 3 rings (SSSR count). The number of nitrogens with zero attached hydrogens (tertiary/aromatic N) is 3. The maximum atomic E-state index is 5.45. The number of pyridine rings is 1. The zero-order valence-electron chi connectivity index (χ0n) is 10.2. The minimum Gasteiger partial charge on any atom is -0.329 e. The normalized spacial score (nSPS) is 21.6. The summed E-state index contributed by atoms with van der Waals surface area (Å²) in [4.78, 5) is 10.1. The SMILES string of the molecule is CN1CCCC(n2c(=S)[nH]c3cc(Br)cnc32)C1. The molecular weight excluding hydrogens is 312 g/mol. The van der Waals surface area contributed by atoms with Crippen LogP contribution in [0.2, 0.25) is 0 Å². The third-order valence-corrected chi connectivity index (χ3v) is 4.22. The number of imidazole rings is 1. The first-order valence-electron chi connectivity index (χ1n) is 6.09. The maximum Gasteiger partial charge on any atom is 0.179 e. The Kier molecular flexibility index (Phi) is 3.25. The molecule has 6 heteroatoms. The summed E-state index contributed by atoms with van der Waals surface area (Å²) in [5.74, 6) is 0. The Bertz CT molecular complexity index is 633. The van der Waals surface area contributed by atoms with Crippen molar-refractivity contribution in [2.45, 2.75) is 18.9 Å². The van der Waals surface area contributed by atoms with Crippen LogP contribution in [0.3, 0.4) is 0 Å². The summed E-state index contributed by atoms with van der Waals surface area (Å²) in [6.45, 7) is 2.21. The summed E-state index contributed by atoms with van der Waals surface area (Å²) in [6, 6.07) is 2.46. The average Bonchev–Trinajstić information content (AvgIpc) is 2.64. The van der Waals surface area contributed by atoms with Gasteiger partial charge in [0.2, 0.25) is 0 Å². The Labute approximate surface area is 119 Å². The second kappa shape index (κ2) is 4.75. The first kappa shape index (κ1) is 12.3. The fourth-order valence-electron chi connectivity index (χ4n) is 2.68. The Morgan fingerprint density at radius 1 is 1.56 bits per heavy atom. The van der Waals surface area contributed by atoms with Crippen molar-refractivity contribution < 1.29 is 0 Å². The lowest BCUT2D eigenvalue weighted by Crippen LogP contribution is -2.33. The molecule has 0 spiro atoms. The van der Waals surface area contributed by atoms with Gasteiger partial charge in [0.15, 0.2) is 10.4 Å². The molecule has 4 nitrogen and oxygen atoms in total. The lowest BCUT2D eigenvalue weighted by molar-refractivity contribution is 0.213. The van der Waals surface area contributed by atoms with Gasteiger partial charge in [-0.1, -0.05) is 0 Å². The minimum atomic E-state index is 0.429. The van der Waals surface area contributed by atoms with E-state index in [1.807, 2.05) is 12.3 Å². The standard InChI is InChI=1S/C12H15BrN4S/c1-16-4-2-3-9(7-16)17-11-10(15-12(17)18)5-8(13)6-14-11/h5-6,9H,2-4,7H2,1H3,(H,15,18). The molecule has 2 aromatic heterocycles. The summed E-state index contributed by atoms with van der Waals surface area (Å²) in [5, 5.41) is 0. The number of hydrogen-bond donors (Lipinski definition) is 1. The molecule has 1 fully saturated rings. The number of aromatic amines is 1. The van der Waals surface area contributed by atoms with E-state index in [0.29, 0.717) is 6.04 Å². The van der Waals surface area contributed by atoms with Crippen LogP contribution in [0.25, 0.3) is 11.2 Å². The summed E-state index contributed by atoms with van der Waals surface area (Å²) in [5.41, 5.74) is 1.96. The zero-order chi connectivity index (χ0) is 12.7. The van der Waals surface area contributed by atoms with Crippen LogP contribution < -0.4 is 0 Å². The van der Waals surface area contributed by atoms with Crippen LogP contribution in [0.15, 0.2) is 16.7 Å². The van der Waals surface area contributed by atoms with Crippen molar-refractivity contribution in [3.05, 3.63) is 21.5 Å². The predicted octanol–water partition coefficient (Wildman–Crippen LogP) is 3.12. The van der Waals surface area contributed by atoms with Crippen molar-refractivity contribution in [3.8, 4) is 0 Å². The highest BCUT2D eigenvalue weighted by Crippen LogP contribution is 2.26. The first-order chi connectivity index (χ1) is 8.65. The number of aromatic nitrogens is 3. The number of hydrogen-bond acceptors (Lipinski definition) is 3. The van der Waals surface area contributed by atoms with Gasteiger partial charge in [0, 0.05) is 17.2 Å². The van der Waals surface area contributed by atoms with E-state index >= 15 is 0 Å². The molecule has 1 atom stereocenters. The molecule has 0 aliphatic carbocycles. The predicted molar refractivity (Wildman–Crippen MR) is 78.4 cm³/mol. The second-order valence-corrected chi connectivity index (χ2v) is 6.19. The van der Waals surface area contributed by atoms with Gasteiger partial charge in [-0.25, -0.2) is 4.98 Å². The van der Waals surface area contributed by atoms with Crippen LogP contribution >= 0.6 is 28.1 Å². The number of likely N-dealkylation sites (tertiary alicyclic amines) is 1. The van der Waals surface area contributed by atoms with E-state index in [1.54, 1.807) is 0 Å². The van der Waals surface area contributed by atoms with Gasteiger partial charge in [-0.05, 0) is 60.6 Å². The number of H-pyrrole nitrogens is 1. The van der Waals surface area contributed by atoms with E-state index in [4.69, 9.17) is 12.2 Å². The van der Waals surface area contributed by atoms with E-state index in [0.717, 1.165) is 27.0 Å². The molecule has 1 aliphatic heterocycles. The van der Waals surface area contributed by atoms with Crippen molar-refractivity contribution in [3.63, 3.8) is 0 Å². The van der Waals surface area contributed by atoms with Gasteiger partial charge >= 0.3 is 0 Å². The second-order valence-electron chi connectivity index (χ2n) is 4.88. The van der Waals surface area contributed by atoms with Crippen LogP contribution in [0, 0.1) is 4.77 Å². The smallest absolute Gasteiger partial charge is 0.179 e. The van der Waals surface area contributed by atoms with Gasteiger partial charge in [0.05, 0.1) is 11.6 Å². The molecule has 0 radical (unpaired) electrons. The first-order valence-corrected chi connectivity index (χ1v) is 7.29. The molecule has 1 N–H and O–H groups in total.